The van der Waals surface area contributed by atoms with E-state index in [0.29, 0.717) is 6.42 Å². The Kier molecular flexibility index (Phi) is 6.89. The molecule has 5 nitrogen and oxygen atoms in total. The number of aliphatic hydroxyl groups is 1. The van der Waals surface area contributed by atoms with Gasteiger partial charge in [-0.05, 0) is 35.6 Å². The van der Waals surface area contributed by atoms with Gasteiger partial charge in [-0.2, -0.15) is 5.26 Å². The number of aliphatic hydroxyl groups excluding tert-OH is 1. The van der Waals surface area contributed by atoms with Crippen molar-refractivity contribution >= 4 is 29.1 Å². The standard InChI is InChI=1S/C26H27Cl2F2N3O2/c1-25(2,3)10-20-26(13-31,17-8-7-14(27)9-19(17)29)21(16-5-4-6-18(28)22(16)30)23(32-20)24(35)33-11-15(34)12-33/h4-9,15,20-21,23,32,34H,10-12H2,1-3H3/t20-,21-,23-,26-/m0/s1. The zero-order chi connectivity index (χ0) is 25.7. The van der Waals surface area contributed by atoms with Crippen molar-refractivity contribution in [2.45, 2.75) is 56.7 Å². The van der Waals surface area contributed by atoms with Gasteiger partial charge in [0.2, 0.25) is 5.91 Å². The number of hydrogen-bond acceptors (Lipinski definition) is 4. The third kappa shape index (κ3) is 4.53. The summed E-state index contributed by atoms with van der Waals surface area (Å²) in [5, 5.41) is 23.8. The number of rotatable bonds is 4. The Balaban J connectivity index is 1.99. The van der Waals surface area contributed by atoms with Crippen molar-refractivity contribution in [2.24, 2.45) is 5.41 Å². The summed E-state index contributed by atoms with van der Waals surface area (Å²) >= 11 is 12.1. The van der Waals surface area contributed by atoms with E-state index in [1.54, 1.807) is 6.07 Å². The van der Waals surface area contributed by atoms with Crippen LogP contribution in [-0.2, 0) is 10.2 Å². The van der Waals surface area contributed by atoms with Crippen LogP contribution in [0, 0.1) is 28.4 Å². The molecule has 0 radical (unpaired) electrons. The topological polar surface area (TPSA) is 76.4 Å². The number of hydrogen-bond donors (Lipinski definition) is 2. The number of nitrogens with zero attached hydrogens (tertiary/aromatic N) is 2. The molecule has 2 aliphatic heterocycles. The van der Waals surface area contributed by atoms with Gasteiger partial charge in [0.25, 0.3) is 0 Å². The van der Waals surface area contributed by atoms with Gasteiger partial charge >= 0.3 is 0 Å². The van der Waals surface area contributed by atoms with Gasteiger partial charge in [0.1, 0.15) is 17.0 Å². The molecule has 2 aromatic carbocycles. The van der Waals surface area contributed by atoms with Gasteiger partial charge in [0.15, 0.2) is 0 Å². The molecule has 0 bridgehead atoms. The van der Waals surface area contributed by atoms with Gasteiger partial charge in [-0.1, -0.05) is 62.2 Å². The number of carbonyl (C=O) groups excluding carboxylic acids is 1. The lowest BCUT2D eigenvalue weighted by Gasteiger charge is -2.40. The molecule has 0 saturated carbocycles. The Morgan fingerprint density at radius 1 is 1.26 bits per heavy atom. The Morgan fingerprint density at radius 3 is 2.51 bits per heavy atom. The Hall–Kier alpha value is -2.24. The minimum absolute atomic E-state index is 0.0365. The predicted octanol–water partition coefficient (Wildman–Crippen LogP) is 4.80. The highest BCUT2D eigenvalue weighted by molar-refractivity contribution is 6.31. The van der Waals surface area contributed by atoms with Gasteiger partial charge < -0.3 is 15.3 Å². The molecule has 9 heteroatoms. The molecule has 2 aromatic rings. The van der Waals surface area contributed by atoms with Crippen LogP contribution in [0.2, 0.25) is 10.0 Å². The maximum absolute atomic E-state index is 15.5. The Labute approximate surface area is 213 Å². The predicted molar refractivity (Wildman–Crippen MR) is 130 cm³/mol. The summed E-state index contributed by atoms with van der Waals surface area (Å²) in [7, 11) is 0. The van der Waals surface area contributed by atoms with Gasteiger partial charge in [0, 0.05) is 35.6 Å². The molecule has 2 N–H and O–H groups in total. The first-order valence-electron chi connectivity index (χ1n) is 11.4. The Bertz CT molecular complexity index is 1190. The van der Waals surface area contributed by atoms with E-state index in [0.717, 1.165) is 6.07 Å². The van der Waals surface area contributed by atoms with Gasteiger partial charge in [-0.25, -0.2) is 8.78 Å². The number of halogens is 4. The van der Waals surface area contributed by atoms with Crippen molar-refractivity contribution in [3.8, 4) is 6.07 Å². The summed E-state index contributed by atoms with van der Waals surface area (Å²) in [4.78, 5) is 15.1. The number of benzene rings is 2. The maximum Gasteiger partial charge on any atom is 0.240 e. The molecular formula is C26H27Cl2F2N3O2. The molecule has 0 unspecified atom stereocenters. The zero-order valence-electron chi connectivity index (χ0n) is 19.7. The summed E-state index contributed by atoms with van der Waals surface area (Å²) < 4.78 is 31.0. The first-order valence-corrected chi connectivity index (χ1v) is 12.2. The number of nitriles is 1. The van der Waals surface area contributed by atoms with Crippen LogP contribution in [0.1, 0.15) is 44.2 Å². The molecule has 0 aromatic heterocycles. The van der Waals surface area contributed by atoms with Crippen LogP contribution < -0.4 is 5.32 Å². The quantitative estimate of drug-likeness (QED) is 0.605. The lowest BCUT2D eigenvalue weighted by atomic mass is 9.62. The van der Waals surface area contributed by atoms with Crippen molar-refractivity contribution in [1.29, 1.82) is 5.26 Å². The molecule has 2 saturated heterocycles. The van der Waals surface area contributed by atoms with Gasteiger partial charge in [0.05, 0.1) is 23.2 Å². The molecule has 0 spiro atoms. The summed E-state index contributed by atoms with van der Waals surface area (Å²) in [6.45, 7) is 6.21. The third-order valence-corrected chi connectivity index (χ3v) is 7.42. The van der Waals surface area contributed by atoms with Crippen molar-refractivity contribution in [2.75, 3.05) is 13.1 Å². The molecule has 0 aliphatic carbocycles. The van der Waals surface area contributed by atoms with Crippen molar-refractivity contribution in [3.05, 3.63) is 69.2 Å². The van der Waals surface area contributed by atoms with Crippen LogP contribution in [0.15, 0.2) is 36.4 Å². The van der Waals surface area contributed by atoms with E-state index in [-0.39, 0.29) is 45.6 Å². The lowest BCUT2D eigenvalue weighted by Crippen LogP contribution is -2.59. The fourth-order valence-corrected chi connectivity index (χ4v) is 5.72. The van der Waals surface area contributed by atoms with E-state index >= 15 is 8.78 Å². The fourth-order valence-electron chi connectivity index (χ4n) is 5.38. The van der Waals surface area contributed by atoms with E-state index in [1.165, 1.54) is 29.2 Å². The molecular weight excluding hydrogens is 495 g/mol. The second-order valence-corrected chi connectivity index (χ2v) is 11.4. The van der Waals surface area contributed by atoms with E-state index in [2.05, 4.69) is 11.4 Å². The molecule has 1 amide bonds. The van der Waals surface area contributed by atoms with E-state index < -0.39 is 41.2 Å². The van der Waals surface area contributed by atoms with Crippen LogP contribution in [-0.4, -0.2) is 47.2 Å². The van der Waals surface area contributed by atoms with Gasteiger partial charge in [-0.3, -0.25) is 4.79 Å². The van der Waals surface area contributed by atoms with E-state index in [1.807, 2.05) is 20.8 Å². The number of carbonyl (C=O) groups is 1. The van der Waals surface area contributed by atoms with Crippen molar-refractivity contribution in [3.63, 3.8) is 0 Å². The van der Waals surface area contributed by atoms with Crippen molar-refractivity contribution < 1.29 is 18.7 Å². The van der Waals surface area contributed by atoms with Gasteiger partial charge in [-0.15, -0.1) is 0 Å². The second-order valence-electron chi connectivity index (χ2n) is 10.6. The molecule has 4 atom stereocenters. The van der Waals surface area contributed by atoms with Crippen LogP contribution in [0.3, 0.4) is 0 Å². The summed E-state index contributed by atoms with van der Waals surface area (Å²) in [6, 6.07) is 9.03. The number of nitrogens with one attached hydrogen (secondary N) is 1. The zero-order valence-corrected chi connectivity index (χ0v) is 21.2. The smallest absolute Gasteiger partial charge is 0.240 e. The van der Waals surface area contributed by atoms with E-state index in [9.17, 15) is 15.2 Å². The SMILES string of the molecule is CC(C)(C)C[C@@H]1N[C@H](C(=O)N2CC(O)C2)[C@H](c2cccc(Cl)c2F)[C@@]1(C#N)c1ccc(Cl)cc1F. The minimum atomic E-state index is -1.66. The normalized spacial score (nSPS) is 26.9. The highest BCUT2D eigenvalue weighted by Gasteiger charge is 2.62. The summed E-state index contributed by atoms with van der Waals surface area (Å²) in [6.07, 6.45) is -0.241. The minimum Gasteiger partial charge on any atom is -0.389 e. The van der Waals surface area contributed by atoms with E-state index in [4.69, 9.17) is 23.2 Å². The largest absolute Gasteiger partial charge is 0.389 e. The summed E-state index contributed by atoms with van der Waals surface area (Å²) in [5.74, 6) is -2.95. The lowest BCUT2D eigenvalue weighted by molar-refractivity contribution is -0.143. The average molecular weight is 522 g/mol. The number of likely N-dealkylation sites (tertiary alicyclic amines) is 1. The Morgan fingerprint density at radius 2 is 1.94 bits per heavy atom. The van der Waals surface area contributed by atoms with Crippen LogP contribution in [0.4, 0.5) is 8.78 Å². The second kappa shape index (κ2) is 9.33. The first kappa shape index (κ1) is 25.8. The fraction of sp³-hybridized carbons (Fsp3) is 0.462. The van der Waals surface area contributed by atoms with Crippen LogP contribution in [0.5, 0.6) is 0 Å². The third-order valence-electron chi connectivity index (χ3n) is 6.89. The first-order chi connectivity index (χ1) is 16.4. The highest BCUT2D eigenvalue weighted by Crippen LogP contribution is 2.53. The molecule has 2 heterocycles. The maximum atomic E-state index is 15.5. The number of β-amino-alcohol motifs (C(OH)–C–C–N with tert-alkyl or cyclic N) is 1. The van der Waals surface area contributed by atoms with Crippen LogP contribution >= 0.6 is 23.2 Å². The molecule has 186 valence electrons. The highest BCUT2D eigenvalue weighted by atomic mass is 35.5. The molecule has 35 heavy (non-hydrogen) atoms. The molecule has 2 fully saturated rings. The van der Waals surface area contributed by atoms with Crippen molar-refractivity contribution in [1.82, 2.24) is 10.2 Å². The summed E-state index contributed by atoms with van der Waals surface area (Å²) in [5.41, 5.74) is -1.88. The average Bonchev–Trinajstić information content (AvgIpc) is 3.06. The van der Waals surface area contributed by atoms with Crippen LogP contribution in [0.25, 0.3) is 0 Å². The molecule has 2 aliphatic rings. The number of amides is 1. The monoisotopic (exact) mass is 521 g/mol. The molecule has 4 rings (SSSR count).